The lowest BCUT2D eigenvalue weighted by atomic mass is 10.0. The SMILES string of the molecule is Cc1ccc(C(C)C)cc1Oc1ccnc(Cl)n1. The molecule has 1 aromatic heterocycles. The van der Waals surface area contributed by atoms with Gasteiger partial charge in [0.15, 0.2) is 0 Å². The maximum Gasteiger partial charge on any atom is 0.225 e. The number of hydrogen-bond donors (Lipinski definition) is 0. The maximum absolute atomic E-state index is 5.75. The van der Waals surface area contributed by atoms with Gasteiger partial charge in [0.25, 0.3) is 0 Å². The van der Waals surface area contributed by atoms with E-state index in [1.54, 1.807) is 12.3 Å². The zero-order valence-corrected chi connectivity index (χ0v) is 11.4. The van der Waals surface area contributed by atoms with Crippen LogP contribution in [0.15, 0.2) is 30.5 Å². The van der Waals surface area contributed by atoms with Gasteiger partial charge in [-0.05, 0) is 41.6 Å². The first-order chi connectivity index (χ1) is 8.56. The number of ether oxygens (including phenoxy) is 1. The smallest absolute Gasteiger partial charge is 0.225 e. The first-order valence-electron chi connectivity index (χ1n) is 5.83. The predicted molar refractivity (Wildman–Crippen MR) is 72.4 cm³/mol. The molecule has 3 nitrogen and oxygen atoms in total. The van der Waals surface area contributed by atoms with E-state index in [2.05, 4.69) is 29.9 Å². The molecule has 0 radical (unpaired) electrons. The highest BCUT2D eigenvalue weighted by atomic mass is 35.5. The Hall–Kier alpha value is -1.61. The number of benzene rings is 1. The van der Waals surface area contributed by atoms with Gasteiger partial charge in [-0.1, -0.05) is 26.0 Å². The lowest BCUT2D eigenvalue weighted by Gasteiger charge is -2.11. The van der Waals surface area contributed by atoms with Gasteiger partial charge < -0.3 is 4.74 Å². The van der Waals surface area contributed by atoms with Crippen LogP contribution in [-0.4, -0.2) is 9.97 Å². The van der Waals surface area contributed by atoms with Crippen molar-refractivity contribution < 1.29 is 4.74 Å². The average molecular weight is 263 g/mol. The second-order valence-electron chi connectivity index (χ2n) is 4.45. The topological polar surface area (TPSA) is 35.0 Å². The van der Waals surface area contributed by atoms with Gasteiger partial charge in [0.1, 0.15) is 5.75 Å². The second-order valence-corrected chi connectivity index (χ2v) is 4.78. The Bertz CT molecular complexity index is 555. The fourth-order valence-corrected chi connectivity index (χ4v) is 1.71. The molecule has 0 aliphatic rings. The van der Waals surface area contributed by atoms with Crippen molar-refractivity contribution in [3.8, 4) is 11.6 Å². The van der Waals surface area contributed by atoms with Crippen LogP contribution in [0.4, 0.5) is 0 Å². The molecule has 4 heteroatoms. The summed E-state index contributed by atoms with van der Waals surface area (Å²) in [6, 6.07) is 7.89. The van der Waals surface area contributed by atoms with Gasteiger partial charge in [-0.25, -0.2) is 4.98 Å². The largest absolute Gasteiger partial charge is 0.439 e. The van der Waals surface area contributed by atoms with Gasteiger partial charge in [-0.15, -0.1) is 0 Å². The first kappa shape index (κ1) is 12.8. The summed E-state index contributed by atoms with van der Waals surface area (Å²) >= 11 is 5.73. The van der Waals surface area contributed by atoms with E-state index >= 15 is 0 Å². The Kier molecular flexibility index (Phi) is 3.82. The Balaban J connectivity index is 2.30. The van der Waals surface area contributed by atoms with E-state index in [1.165, 1.54) is 5.56 Å². The molecule has 2 rings (SSSR count). The molecule has 0 N–H and O–H groups in total. The number of hydrogen-bond acceptors (Lipinski definition) is 3. The molecular formula is C14H15ClN2O. The summed E-state index contributed by atoms with van der Waals surface area (Å²) in [5, 5.41) is 0.185. The molecule has 0 aliphatic carbocycles. The predicted octanol–water partition coefficient (Wildman–Crippen LogP) is 4.35. The molecule has 0 spiro atoms. The standard InChI is InChI=1S/C14H15ClN2O/c1-9(2)11-5-4-10(3)12(8-11)18-13-6-7-16-14(15)17-13/h4-9H,1-3H3. The second kappa shape index (κ2) is 5.36. The van der Waals surface area contributed by atoms with Crippen molar-refractivity contribution >= 4 is 11.6 Å². The van der Waals surface area contributed by atoms with Crippen LogP contribution >= 0.6 is 11.6 Å². The van der Waals surface area contributed by atoms with E-state index in [0.717, 1.165) is 11.3 Å². The summed E-state index contributed by atoms with van der Waals surface area (Å²) in [6.07, 6.45) is 1.58. The number of aromatic nitrogens is 2. The molecule has 0 saturated carbocycles. The molecule has 0 amide bonds. The summed E-state index contributed by atoms with van der Waals surface area (Å²) < 4.78 is 5.75. The molecule has 1 aromatic carbocycles. The number of halogens is 1. The van der Waals surface area contributed by atoms with E-state index in [9.17, 15) is 0 Å². The first-order valence-corrected chi connectivity index (χ1v) is 6.21. The quantitative estimate of drug-likeness (QED) is 0.771. The third kappa shape index (κ3) is 2.99. The zero-order valence-electron chi connectivity index (χ0n) is 10.6. The van der Waals surface area contributed by atoms with Crippen LogP contribution in [0.3, 0.4) is 0 Å². The van der Waals surface area contributed by atoms with E-state index in [4.69, 9.17) is 16.3 Å². The Labute approximate surface area is 112 Å². The highest BCUT2D eigenvalue weighted by Crippen LogP contribution is 2.27. The third-order valence-electron chi connectivity index (χ3n) is 2.69. The van der Waals surface area contributed by atoms with Crippen LogP contribution in [-0.2, 0) is 0 Å². The van der Waals surface area contributed by atoms with Crippen LogP contribution in [0, 0.1) is 6.92 Å². The van der Waals surface area contributed by atoms with E-state index in [1.807, 2.05) is 19.1 Å². The zero-order chi connectivity index (χ0) is 13.1. The molecule has 94 valence electrons. The number of aryl methyl sites for hydroxylation is 1. The van der Waals surface area contributed by atoms with Gasteiger partial charge in [0.05, 0.1) is 0 Å². The molecular weight excluding hydrogens is 248 g/mol. The fraction of sp³-hybridized carbons (Fsp3) is 0.286. The van der Waals surface area contributed by atoms with E-state index in [0.29, 0.717) is 11.8 Å². The van der Waals surface area contributed by atoms with Gasteiger partial charge >= 0.3 is 0 Å². The number of rotatable bonds is 3. The molecule has 0 bridgehead atoms. The Morgan fingerprint density at radius 2 is 2.00 bits per heavy atom. The summed E-state index contributed by atoms with van der Waals surface area (Å²) in [6.45, 7) is 6.30. The lowest BCUT2D eigenvalue weighted by molar-refractivity contribution is 0.457. The molecule has 2 aromatic rings. The minimum absolute atomic E-state index is 0.185. The lowest BCUT2D eigenvalue weighted by Crippen LogP contribution is -1.94. The normalized spacial score (nSPS) is 10.7. The highest BCUT2D eigenvalue weighted by molar-refractivity contribution is 6.28. The van der Waals surface area contributed by atoms with Crippen LogP contribution in [0.25, 0.3) is 0 Å². The van der Waals surface area contributed by atoms with Crippen molar-refractivity contribution in [2.24, 2.45) is 0 Å². The van der Waals surface area contributed by atoms with Gasteiger partial charge in [0.2, 0.25) is 11.2 Å². The fourth-order valence-electron chi connectivity index (χ4n) is 1.57. The van der Waals surface area contributed by atoms with E-state index < -0.39 is 0 Å². The van der Waals surface area contributed by atoms with Crippen molar-refractivity contribution in [1.29, 1.82) is 0 Å². The van der Waals surface area contributed by atoms with Gasteiger partial charge in [-0.2, -0.15) is 4.98 Å². The molecule has 0 saturated heterocycles. The van der Waals surface area contributed by atoms with Crippen LogP contribution < -0.4 is 4.74 Å². The molecule has 1 heterocycles. The van der Waals surface area contributed by atoms with Gasteiger partial charge in [0, 0.05) is 12.3 Å². The van der Waals surface area contributed by atoms with Crippen molar-refractivity contribution in [2.75, 3.05) is 0 Å². The Morgan fingerprint density at radius 3 is 2.67 bits per heavy atom. The molecule has 0 aliphatic heterocycles. The average Bonchev–Trinajstić information content (AvgIpc) is 2.31. The maximum atomic E-state index is 5.75. The monoisotopic (exact) mass is 262 g/mol. The summed E-state index contributed by atoms with van der Waals surface area (Å²) in [5.74, 6) is 1.72. The van der Waals surface area contributed by atoms with Crippen molar-refractivity contribution in [3.63, 3.8) is 0 Å². The third-order valence-corrected chi connectivity index (χ3v) is 2.88. The van der Waals surface area contributed by atoms with Crippen molar-refractivity contribution in [3.05, 3.63) is 46.9 Å². The molecule has 0 unspecified atom stereocenters. The highest BCUT2D eigenvalue weighted by Gasteiger charge is 2.07. The van der Waals surface area contributed by atoms with Crippen LogP contribution in [0.5, 0.6) is 11.6 Å². The molecule has 0 atom stereocenters. The summed E-state index contributed by atoms with van der Waals surface area (Å²) in [5.41, 5.74) is 2.30. The minimum atomic E-state index is 0.185. The summed E-state index contributed by atoms with van der Waals surface area (Å²) in [4.78, 5) is 7.84. The van der Waals surface area contributed by atoms with Crippen LogP contribution in [0.1, 0.15) is 30.9 Å². The summed E-state index contributed by atoms with van der Waals surface area (Å²) in [7, 11) is 0. The molecule has 18 heavy (non-hydrogen) atoms. The van der Waals surface area contributed by atoms with E-state index in [-0.39, 0.29) is 5.28 Å². The Morgan fingerprint density at radius 1 is 1.22 bits per heavy atom. The van der Waals surface area contributed by atoms with Crippen molar-refractivity contribution in [1.82, 2.24) is 9.97 Å². The molecule has 0 fully saturated rings. The minimum Gasteiger partial charge on any atom is -0.439 e. The van der Waals surface area contributed by atoms with Crippen molar-refractivity contribution in [2.45, 2.75) is 26.7 Å². The van der Waals surface area contributed by atoms with Gasteiger partial charge in [-0.3, -0.25) is 0 Å². The van der Waals surface area contributed by atoms with Crippen LogP contribution in [0.2, 0.25) is 5.28 Å². The number of nitrogens with zero attached hydrogens (tertiary/aromatic N) is 2.